The number of nitrogens with zero attached hydrogens (tertiary/aromatic N) is 3. The highest BCUT2D eigenvalue weighted by atomic mass is 16.2. The van der Waals surface area contributed by atoms with Gasteiger partial charge in [-0.3, -0.25) is 0 Å². The second-order valence-corrected chi connectivity index (χ2v) is 5.57. The molecule has 2 amide bonds. The predicted octanol–water partition coefficient (Wildman–Crippen LogP) is 1.12. The number of fused-ring (bicyclic) bond motifs is 1. The third-order valence-corrected chi connectivity index (χ3v) is 3.91. The highest BCUT2D eigenvalue weighted by Crippen LogP contribution is 2.17. The van der Waals surface area contributed by atoms with Gasteiger partial charge >= 0.3 is 6.03 Å². The lowest BCUT2D eigenvalue weighted by atomic mass is 10.1. The van der Waals surface area contributed by atoms with Crippen LogP contribution in [0.15, 0.2) is 30.3 Å². The van der Waals surface area contributed by atoms with Crippen LogP contribution in [0.3, 0.4) is 0 Å². The SMILES string of the molecule is C#CCNC(=O)N[C@H]1CCc2nnc(Cc3ccccc3)n2C1. The molecule has 2 aromatic rings. The van der Waals surface area contributed by atoms with E-state index in [0.717, 1.165) is 30.9 Å². The number of rotatable bonds is 4. The van der Waals surface area contributed by atoms with Crippen molar-refractivity contribution in [2.45, 2.75) is 31.8 Å². The molecule has 1 aliphatic rings. The average molecular weight is 309 g/mol. The van der Waals surface area contributed by atoms with Crippen LogP contribution >= 0.6 is 0 Å². The molecule has 0 bridgehead atoms. The van der Waals surface area contributed by atoms with Gasteiger partial charge in [0.2, 0.25) is 0 Å². The van der Waals surface area contributed by atoms with Gasteiger partial charge in [-0.1, -0.05) is 36.3 Å². The molecule has 0 fully saturated rings. The van der Waals surface area contributed by atoms with E-state index in [1.807, 2.05) is 18.2 Å². The van der Waals surface area contributed by atoms with E-state index < -0.39 is 0 Å². The van der Waals surface area contributed by atoms with Crippen LogP contribution in [0.5, 0.6) is 0 Å². The lowest BCUT2D eigenvalue weighted by Crippen LogP contribution is -2.46. The van der Waals surface area contributed by atoms with Gasteiger partial charge in [0.25, 0.3) is 0 Å². The maximum Gasteiger partial charge on any atom is 0.315 e. The lowest BCUT2D eigenvalue weighted by Gasteiger charge is -2.25. The van der Waals surface area contributed by atoms with E-state index in [2.05, 4.69) is 43.5 Å². The van der Waals surface area contributed by atoms with Gasteiger partial charge in [0.05, 0.1) is 6.54 Å². The Kier molecular flexibility index (Phi) is 4.57. The standard InChI is InChI=1S/C17H19N5O/c1-2-10-18-17(23)19-14-8-9-15-20-21-16(22(15)12-14)11-13-6-4-3-5-7-13/h1,3-7,14H,8-12H2,(H2,18,19,23)/t14-/m0/s1. The molecule has 1 aliphatic heterocycles. The first-order valence-corrected chi connectivity index (χ1v) is 7.69. The van der Waals surface area contributed by atoms with E-state index in [-0.39, 0.29) is 18.6 Å². The number of nitrogens with one attached hydrogen (secondary N) is 2. The Morgan fingerprint density at radius 1 is 1.35 bits per heavy atom. The fourth-order valence-corrected chi connectivity index (χ4v) is 2.78. The van der Waals surface area contributed by atoms with E-state index in [0.29, 0.717) is 6.54 Å². The monoisotopic (exact) mass is 309 g/mol. The molecule has 3 rings (SSSR count). The highest BCUT2D eigenvalue weighted by Gasteiger charge is 2.23. The van der Waals surface area contributed by atoms with Crippen molar-refractivity contribution >= 4 is 6.03 Å². The number of aryl methyl sites for hydroxylation is 1. The summed E-state index contributed by atoms with van der Waals surface area (Å²) in [5.74, 6) is 4.30. The van der Waals surface area contributed by atoms with E-state index in [1.165, 1.54) is 5.56 Å². The molecule has 0 saturated carbocycles. The molecule has 2 N–H and O–H groups in total. The van der Waals surface area contributed by atoms with Crippen LogP contribution in [0.4, 0.5) is 4.79 Å². The van der Waals surface area contributed by atoms with Gasteiger partial charge in [-0.2, -0.15) is 0 Å². The smallest absolute Gasteiger partial charge is 0.315 e. The third kappa shape index (κ3) is 3.69. The number of carbonyl (C=O) groups excluding carboxylic acids is 1. The van der Waals surface area contributed by atoms with Crippen molar-refractivity contribution in [3.05, 3.63) is 47.5 Å². The molecule has 23 heavy (non-hydrogen) atoms. The zero-order chi connectivity index (χ0) is 16.1. The number of benzene rings is 1. The number of hydrogen-bond donors (Lipinski definition) is 2. The highest BCUT2D eigenvalue weighted by molar-refractivity contribution is 5.74. The first-order valence-electron chi connectivity index (χ1n) is 7.69. The summed E-state index contributed by atoms with van der Waals surface area (Å²) in [7, 11) is 0. The summed E-state index contributed by atoms with van der Waals surface area (Å²) < 4.78 is 2.11. The molecule has 2 heterocycles. The first kappa shape index (κ1) is 15.1. The third-order valence-electron chi connectivity index (χ3n) is 3.91. The molecule has 0 radical (unpaired) electrons. The Morgan fingerprint density at radius 3 is 2.96 bits per heavy atom. The second kappa shape index (κ2) is 6.97. The largest absolute Gasteiger partial charge is 0.334 e. The number of carbonyl (C=O) groups is 1. The van der Waals surface area contributed by atoms with Crippen molar-refractivity contribution in [1.29, 1.82) is 0 Å². The van der Waals surface area contributed by atoms with Crippen molar-refractivity contribution < 1.29 is 4.79 Å². The molecule has 118 valence electrons. The molecule has 1 aromatic carbocycles. The van der Waals surface area contributed by atoms with Gasteiger partial charge in [0.1, 0.15) is 11.6 Å². The fraction of sp³-hybridized carbons (Fsp3) is 0.353. The summed E-state index contributed by atoms with van der Waals surface area (Å²) >= 11 is 0. The van der Waals surface area contributed by atoms with Gasteiger partial charge in [-0.15, -0.1) is 16.6 Å². The molecule has 0 aliphatic carbocycles. The van der Waals surface area contributed by atoms with Crippen molar-refractivity contribution in [2.75, 3.05) is 6.54 Å². The normalized spacial score (nSPS) is 16.2. The molecule has 0 spiro atoms. The van der Waals surface area contributed by atoms with Crippen LogP contribution in [0.1, 0.15) is 23.6 Å². The topological polar surface area (TPSA) is 71.8 Å². The lowest BCUT2D eigenvalue weighted by molar-refractivity contribution is 0.233. The van der Waals surface area contributed by atoms with Crippen molar-refractivity contribution in [2.24, 2.45) is 0 Å². The van der Waals surface area contributed by atoms with Crippen LogP contribution in [0.2, 0.25) is 0 Å². The average Bonchev–Trinajstić information content (AvgIpc) is 2.96. The number of amides is 2. The van der Waals surface area contributed by atoms with Crippen LogP contribution in [0.25, 0.3) is 0 Å². The summed E-state index contributed by atoms with van der Waals surface area (Å²) in [5, 5.41) is 14.2. The second-order valence-electron chi connectivity index (χ2n) is 5.57. The first-order chi connectivity index (χ1) is 11.3. The number of terminal acetylenes is 1. The van der Waals surface area contributed by atoms with E-state index in [1.54, 1.807) is 0 Å². The fourth-order valence-electron chi connectivity index (χ4n) is 2.78. The van der Waals surface area contributed by atoms with Crippen LogP contribution in [-0.4, -0.2) is 33.4 Å². The molecule has 6 nitrogen and oxygen atoms in total. The maximum absolute atomic E-state index is 11.7. The van der Waals surface area contributed by atoms with E-state index >= 15 is 0 Å². The number of aromatic nitrogens is 3. The van der Waals surface area contributed by atoms with Gasteiger partial charge < -0.3 is 15.2 Å². The Hall–Kier alpha value is -2.81. The molecular weight excluding hydrogens is 290 g/mol. The Labute approximate surface area is 135 Å². The van der Waals surface area contributed by atoms with Crippen molar-refractivity contribution in [1.82, 2.24) is 25.4 Å². The number of urea groups is 1. The minimum Gasteiger partial charge on any atom is -0.334 e. The quantitative estimate of drug-likeness (QED) is 0.831. The molecular formula is C17H19N5O. The zero-order valence-corrected chi connectivity index (χ0v) is 12.8. The molecule has 1 atom stereocenters. The van der Waals surface area contributed by atoms with Crippen LogP contribution in [0, 0.1) is 12.3 Å². The molecule has 0 unspecified atom stereocenters. The zero-order valence-electron chi connectivity index (χ0n) is 12.8. The molecule has 0 saturated heterocycles. The minimum atomic E-state index is -0.228. The maximum atomic E-state index is 11.7. The molecule has 6 heteroatoms. The summed E-state index contributed by atoms with van der Waals surface area (Å²) in [6.07, 6.45) is 7.54. The van der Waals surface area contributed by atoms with Crippen LogP contribution in [-0.2, 0) is 19.4 Å². The van der Waals surface area contributed by atoms with Crippen molar-refractivity contribution in [3.63, 3.8) is 0 Å². The van der Waals surface area contributed by atoms with Gasteiger partial charge in [-0.25, -0.2) is 4.79 Å². The summed E-state index contributed by atoms with van der Waals surface area (Å²) in [6.45, 7) is 0.920. The number of hydrogen-bond acceptors (Lipinski definition) is 3. The predicted molar refractivity (Wildman–Crippen MR) is 86.7 cm³/mol. The summed E-state index contributed by atoms with van der Waals surface area (Å²) in [4.78, 5) is 11.7. The van der Waals surface area contributed by atoms with Gasteiger partial charge in [0, 0.05) is 25.4 Å². The summed E-state index contributed by atoms with van der Waals surface area (Å²) in [5.41, 5.74) is 1.20. The Bertz CT molecular complexity index is 716. The molecule has 1 aromatic heterocycles. The summed E-state index contributed by atoms with van der Waals surface area (Å²) in [6, 6.07) is 10.0. The van der Waals surface area contributed by atoms with E-state index in [4.69, 9.17) is 6.42 Å². The Morgan fingerprint density at radius 2 is 2.17 bits per heavy atom. The van der Waals surface area contributed by atoms with Gasteiger partial charge in [-0.05, 0) is 12.0 Å². The van der Waals surface area contributed by atoms with E-state index in [9.17, 15) is 4.79 Å². The van der Waals surface area contributed by atoms with Crippen molar-refractivity contribution in [3.8, 4) is 12.3 Å². The minimum absolute atomic E-state index is 0.0609. The van der Waals surface area contributed by atoms with Gasteiger partial charge in [0.15, 0.2) is 0 Å². The van der Waals surface area contributed by atoms with Crippen LogP contribution < -0.4 is 10.6 Å². The Balaban J connectivity index is 1.67.